The smallest absolute Gasteiger partial charge is 0.129 e. The number of methoxy groups -OCH3 is 1. The van der Waals surface area contributed by atoms with E-state index in [0.29, 0.717) is 6.42 Å². The Hall–Kier alpha value is -1.00. The molecular weight excluding hydrogens is 260 g/mol. The summed E-state index contributed by atoms with van der Waals surface area (Å²) in [5, 5.41) is 3.35. The molecule has 0 amide bonds. The summed E-state index contributed by atoms with van der Waals surface area (Å²) in [6.07, 6.45) is 3.08. The topological polar surface area (TPSA) is 21.3 Å². The third-order valence-electron chi connectivity index (χ3n) is 3.47. The molecule has 0 radical (unpaired) electrons. The van der Waals surface area contributed by atoms with Gasteiger partial charge in [0.15, 0.2) is 0 Å². The number of benzene rings is 1. The van der Waals surface area contributed by atoms with Crippen molar-refractivity contribution in [3.05, 3.63) is 35.4 Å². The van der Waals surface area contributed by atoms with Crippen molar-refractivity contribution in [2.75, 3.05) is 13.7 Å². The number of ether oxygens (including phenoxy) is 1. The van der Waals surface area contributed by atoms with Crippen LogP contribution < -0.4 is 5.32 Å². The minimum atomic E-state index is -0.486. The van der Waals surface area contributed by atoms with Crippen molar-refractivity contribution in [1.29, 1.82) is 0 Å². The Balaban J connectivity index is 2.87. The lowest BCUT2D eigenvalue weighted by atomic mass is 9.97. The van der Waals surface area contributed by atoms with Crippen molar-refractivity contribution in [1.82, 2.24) is 5.32 Å². The van der Waals surface area contributed by atoms with Gasteiger partial charge in [0.05, 0.1) is 6.10 Å². The molecule has 0 spiro atoms. The molecule has 1 aromatic carbocycles. The van der Waals surface area contributed by atoms with Crippen molar-refractivity contribution in [3.8, 4) is 0 Å². The minimum absolute atomic E-state index is 0.0365. The zero-order chi connectivity index (χ0) is 15.0. The van der Waals surface area contributed by atoms with Gasteiger partial charge in [-0.15, -0.1) is 0 Å². The fourth-order valence-electron chi connectivity index (χ4n) is 2.38. The minimum Gasteiger partial charge on any atom is -0.380 e. The average Bonchev–Trinajstić information content (AvgIpc) is 2.44. The molecular formula is C16H25F2NO. The number of nitrogens with one attached hydrogen (secondary N) is 1. The van der Waals surface area contributed by atoms with Crippen LogP contribution in [0.5, 0.6) is 0 Å². The highest BCUT2D eigenvalue weighted by atomic mass is 19.1. The standard InChI is InChI=1S/C16H25F2NO/c1-4-7-16(20-3)15(19-10-5-2)11-12-13(17)8-6-9-14(12)18/h6,8-9,15-16,19H,4-5,7,10-11H2,1-3H3. The van der Waals surface area contributed by atoms with Crippen LogP contribution >= 0.6 is 0 Å². The molecule has 2 nitrogen and oxygen atoms in total. The molecule has 2 unspecified atom stereocenters. The zero-order valence-corrected chi connectivity index (χ0v) is 12.6. The summed E-state index contributed by atoms with van der Waals surface area (Å²) in [5.41, 5.74) is 0.138. The molecule has 0 aliphatic rings. The van der Waals surface area contributed by atoms with E-state index in [0.717, 1.165) is 25.8 Å². The molecule has 4 heteroatoms. The first kappa shape index (κ1) is 17.1. The van der Waals surface area contributed by atoms with Crippen molar-refractivity contribution in [3.63, 3.8) is 0 Å². The summed E-state index contributed by atoms with van der Waals surface area (Å²) in [6.45, 7) is 4.95. The normalized spacial score (nSPS) is 14.2. The van der Waals surface area contributed by atoms with Crippen molar-refractivity contribution >= 4 is 0 Å². The van der Waals surface area contributed by atoms with Gasteiger partial charge in [-0.05, 0) is 37.9 Å². The highest BCUT2D eigenvalue weighted by Crippen LogP contribution is 2.18. The van der Waals surface area contributed by atoms with E-state index in [-0.39, 0.29) is 17.7 Å². The SMILES string of the molecule is CCCNC(Cc1c(F)cccc1F)C(CCC)OC. The maximum absolute atomic E-state index is 13.8. The number of halogens is 2. The molecule has 0 bridgehead atoms. The Morgan fingerprint density at radius 2 is 1.80 bits per heavy atom. The maximum Gasteiger partial charge on any atom is 0.129 e. The maximum atomic E-state index is 13.8. The third kappa shape index (κ3) is 4.84. The van der Waals surface area contributed by atoms with Crippen LogP contribution in [0.25, 0.3) is 0 Å². The van der Waals surface area contributed by atoms with Crippen molar-refractivity contribution in [2.45, 2.75) is 51.7 Å². The van der Waals surface area contributed by atoms with E-state index < -0.39 is 11.6 Å². The zero-order valence-electron chi connectivity index (χ0n) is 12.6. The molecule has 0 saturated carbocycles. The second-order valence-electron chi connectivity index (χ2n) is 5.03. The number of hydrogen-bond donors (Lipinski definition) is 1. The molecule has 1 N–H and O–H groups in total. The van der Waals surface area contributed by atoms with Gasteiger partial charge in [-0.25, -0.2) is 8.78 Å². The van der Waals surface area contributed by atoms with Gasteiger partial charge >= 0.3 is 0 Å². The largest absolute Gasteiger partial charge is 0.380 e. The summed E-state index contributed by atoms with van der Waals surface area (Å²) in [6, 6.07) is 3.92. The predicted octanol–water partition coefficient (Wildman–Crippen LogP) is 3.69. The van der Waals surface area contributed by atoms with Crippen molar-refractivity contribution in [2.24, 2.45) is 0 Å². The van der Waals surface area contributed by atoms with Crippen LogP contribution in [0, 0.1) is 11.6 Å². The average molecular weight is 285 g/mol. The van der Waals surface area contributed by atoms with Gasteiger partial charge in [0.1, 0.15) is 11.6 Å². The second-order valence-corrected chi connectivity index (χ2v) is 5.03. The first-order valence-corrected chi connectivity index (χ1v) is 7.33. The first-order valence-electron chi connectivity index (χ1n) is 7.33. The van der Waals surface area contributed by atoms with Crippen LogP contribution in [0.4, 0.5) is 8.78 Å². The molecule has 0 aromatic heterocycles. The Morgan fingerprint density at radius 1 is 1.15 bits per heavy atom. The summed E-state index contributed by atoms with van der Waals surface area (Å²) in [4.78, 5) is 0. The monoisotopic (exact) mass is 285 g/mol. The van der Waals surface area contributed by atoms with Crippen LogP contribution in [0.1, 0.15) is 38.7 Å². The Bertz CT molecular complexity index is 378. The Labute approximate surface area is 120 Å². The number of rotatable bonds is 9. The lowest BCUT2D eigenvalue weighted by Gasteiger charge is -2.27. The van der Waals surface area contributed by atoms with Gasteiger partial charge in [-0.2, -0.15) is 0 Å². The van der Waals surface area contributed by atoms with Gasteiger partial charge in [-0.1, -0.05) is 26.3 Å². The van der Waals surface area contributed by atoms with E-state index in [2.05, 4.69) is 19.2 Å². The van der Waals surface area contributed by atoms with Gasteiger partial charge < -0.3 is 10.1 Å². The van der Waals surface area contributed by atoms with Gasteiger partial charge in [-0.3, -0.25) is 0 Å². The lowest BCUT2D eigenvalue weighted by Crippen LogP contribution is -2.43. The third-order valence-corrected chi connectivity index (χ3v) is 3.47. The van der Waals surface area contributed by atoms with Crippen LogP contribution in [-0.2, 0) is 11.2 Å². The van der Waals surface area contributed by atoms with Crippen LogP contribution in [0.15, 0.2) is 18.2 Å². The molecule has 2 atom stereocenters. The summed E-state index contributed by atoms with van der Waals surface area (Å²) in [5.74, 6) is -0.973. The quantitative estimate of drug-likeness (QED) is 0.747. The fraction of sp³-hybridized carbons (Fsp3) is 0.625. The van der Waals surface area contributed by atoms with Crippen LogP contribution in [-0.4, -0.2) is 25.8 Å². The summed E-state index contributed by atoms with van der Waals surface area (Å²) in [7, 11) is 1.65. The lowest BCUT2D eigenvalue weighted by molar-refractivity contribution is 0.0604. The van der Waals surface area contributed by atoms with Gasteiger partial charge in [0.25, 0.3) is 0 Å². The molecule has 0 heterocycles. The van der Waals surface area contributed by atoms with E-state index in [4.69, 9.17) is 4.74 Å². The van der Waals surface area contributed by atoms with Gasteiger partial charge in [0.2, 0.25) is 0 Å². The molecule has 114 valence electrons. The fourth-order valence-corrected chi connectivity index (χ4v) is 2.38. The van der Waals surface area contributed by atoms with E-state index in [1.807, 2.05) is 0 Å². The summed E-state index contributed by atoms with van der Waals surface area (Å²) < 4.78 is 33.0. The van der Waals surface area contributed by atoms with E-state index in [9.17, 15) is 8.78 Å². The molecule has 0 aliphatic heterocycles. The Kier molecular flexibility index (Phi) is 7.70. The van der Waals surface area contributed by atoms with E-state index >= 15 is 0 Å². The van der Waals surface area contributed by atoms with Gasteiger partial charge in [0, 0.05) is 18.7 Å². The van der Waals surface area contributed by atoms with E-state index in [1.165, 1.54) is 18.2 Å². The molecule has 0 saturated heterocycles. The molecule has 0 aliphatic carbocycles. The predicted molar refractivity (Wildman–Crippen MR) is 77.8 cm³/mol. The second kappa shape index (κ2) is 9.03. The highest BCUT2D eigenvalue weighted by molar-refractivity contribution is 5.21. The van der Waals surface area contributed by atoms with E-state index in [1.54, 1.807) is 7.11 Å². The summed E-state index contributed by atoms with van der Waals surface area (Å²) >= 11 is 0. The van der Waals surface area contributed by atoms with Crippen molar-refractivity contribution < 1.29 is 13.5 Å². The molecule has 0 fully saturated rings. The first-order chi connectivity index (χ1) is 9.63. The Morgan fingerprint density at radius 3 is 2.30 bits per heavy atom. The van der Waals surface area contributed by atoms with Crippen LogP contribution in [0.2, 0.25) is 0 Å². The highest BCUT2D eigenvalue weighted by Gasteiger charge is 2.23. The molecule has 1 aromatic rings. The number of hydrogen-bond acceptors (Lipinski definition) is 2. The molecule has 20 heavy (non-hydrogen) atoms. The molecule has 1 rings (SSSR count). The van der Waals surface area contributed by atoms with Crippen LogP contribution in [0.3, 0.4) is 0 Å².